The van der Waals surface area contributed by atoms with Gasteiger partial charge in [0, 0.05) is 19.0 Å². The van der Waals surface area contributed by atoms with Gasteiger partial charge >= 0.3 is 0 Å². The summed E-state index contributed by atoms with van der Waals surface area (Å²) >= 11 is 5.88. The second kappa shape index (κ2) is 5.24. The third-order valence-corrected chi connectivity index (χ3v) is 4.00. The molecule has 2 nitrogen and oxygen atoms in total. The number of rotatable bonds is 4. The van der Waals surface area contributed by atoms with E-state index >= 15 is 0 Å². The highest BCUT2D eigenvalue weighted by Crippen LogP contribution is 2.34. The second-order valence-corrected chi connectivity index (χ2v) is 5.42. The van der Waals surface area contributed by atoms with Gasteiger partial charge in [-0.25, -0.2) is 0 Å². The molecule has 3 rings (SSSR count). The summed E-state index contributed by atoms with van der Waals surface area (Å²) in [7, 11) is 0. The van der Waals surface area contributed by atoms with Gasteiger partial charge in [-0.3, -0.25) is 0 Å². The van der Waals surface area contributed by atoms with Crippen LogP contribution < -0.4 is 5.32 Å². The van der Waals surface area contributed by atoms with Crippen molar-refractivity contribution in [2.45, 2.75) is 18.9 Å². The van der Waals surface area contributed by atoms with Gasteiger partial charge in [-0.15, -0.1) is 0 Å². The zero-order chi connectivity index (χ0) is 13.2. The second-order valence-electron chi connectivity index (χ2n) is 5.02. The van der Waals surface area contributed by atoms with E-state index in [1.54, 1.807) is 12.1 Å². The summed E-state index contributed by atoms with van der Waals surface area (Å²) in [6, 6.07) is 13.9. The van der Waals surface area contributed by atoms with Crippen molar-refractivity contribution in [2.24, 2.45) is 0 Å². The van der Waals surface area contributed by atoms with Crippen LogP contribution >= 0.6 is 11.6 Å². The maximum Gasteiger partial charge on any atom is 0.134 e. The molecule has 2 aromatic rings. The third kappa shape index (κ3) is 2.60. The van der Waals surface area contributed by atoms with E-state index < -0.39 is 0 Å². The summed E-state index contributed by atoms with van der Waals surface area (Å²) in [4.78, 5) is 0. The lowest BCUT2D eigenvalue weighted by atomic mass is 9.77. The minimum Gasteiger partial charge on any atom is -0.506 e. The van der Waals surface area contributed by atoms with Crippen LogP contribution in [0.25, 0.3) is 0 Å². The molecule has 0 heterocycles. The van der Waals surface area contributed by atoms with Crippen molar-refractivity contribution in [3.05, 3.63) is 64.2 Å². The number of phenolic OH excluding ortho intramolecular Hbond substituents is 1. The molecule has 0 saturated carbocycles. The van der Waals surface area contributed by atoms with E-state index in [1.807, 2.05) is 6.07 Å². The van der Waals surface area contributed by atoms with Gasteiger partial charge in [0.25, 0.3) is 0 Å². The minimum absolute atomic E-state index is 0.137. The van der Waals surface area contributed by atoms with Gasteiger partial charge in [0.05, 0.1) is 5.02 Å². The predicted molar refractivity (Wildman–Crippen MR) is 77.7 cm³/mol. The number of hydrogen-bond donors (Lipinski definition) is 2. The number of benzene rings is 2. The van der Waals surface area contributed by atoms with Crippen molar-refractivity contribution in [3.8, 4) is 5.75 Å². The number of fused-ring (bicyclic) bond motifs is 1. The molecule has 19 heavy (non-hydrogen) atoms. The Morgan fingerprint density at radius 2 is 2.05 bits per heavy atom. The number of halogens is 1. The van der Waals surface area contributed by atoms with Crippen molar-refractivity contribution in [1.29, 1.82) is 0 Å². The Kier molecular flexibility index (Phi) is 3.45. The first-order chi connectivity index (χ1) is 9.24. The minimum atomic E-state index is 0.137. The SMILES string of the molecule is Oc1ccc(CNCC2Cc3ccccc32)cc1Cl. The van der Waals surface area contributed by atoms with Crippen LogP contribution in [0, 0.1) is 0 Å². The maximum absolute atomic E-state index is 9.36. The molecule has 0 radical (unpaired) electrons. The van der Waals surface area contributed by atoms with E-state index in [9.17, 15) is 5.11 Å². The van der Waals surface area contributed by atoms with Crippen LogP contribution in [0.1, 0.15) is 22.6 Å². The first-order valence-electron chi connectivity index (χ1n) is 6.50. The van der Waals surface area contributed by atoms with Crippen molar-refractivity contribution in [1.82, 2.24) is 5.32 Å². The molecule has 1 atom stereocenters. The smallest absolute Gasteiger partial charge is 0.134 e. The summed E-state index contributed by atoms with van der Waals surface area (Å²) in [6.07, 6.45) is 1.17. The van der Waals surface area contributed by atoms with Crippen LogP contribution in [-0.2, 0) is 13.0 Å². The Morgan fingerprint density at radius 3 is 2.84 bits per heavy atom. The Balaban J connectivity index is 1.53. The van der Waals surface area contributed by atoms with Crippen molar-refractivity contribution in [2.75, 3.05) is 6.54 Å². The fraction of sp³-hybridized carbons (Fsp3) is 0.250. The standard InChI is InChI=1S/C16H16ClNO/c17-15-7-11(5-6-16(15)19)9-18-10-13-8-12-3-1-2-4-14(12)13/h1-7,13,18-19H,8-10H2. The van der Waals surface area contributed by atoms with Gasteiger partial charge in [0.15, 0.2) is 0 Å². The zero-order valence-electron chi connectivity index (χ0n) is 10.6. The lowest BCUT2D eigenvalue weighted by Crippen LogP contribution is -2.28. The first kappa shape index (κ1) is 12.5. The van der Waals surface area contributed by atoms with E-state index in [2.05, 4.69) is 29.6 Å². The van der Waals surface area contributed by atoms with Crippen molar-refractivity contribution < 1.29 is 5.11 Å². The summed E-state index contributed by atoms with van der Waals surface area (Å²) in [5.41, 5.74) is 4.04. The average molecular weight is 274 g/mol. The predicted octanol–water partition coefficient (Wildman–Crippen LogP) is 3.48. The Bertz CT molecular complexity index is 597. The molecule has 1 aliphatic rings. The lowest BCUT2D eigenvalue weighted by molar-refractivity contribution is 0.475. The molecule has 2 N–H and O–H groups in total. The molecule has 1 aliphatic carbocycles. The van der Waals surface area contributed by atoms with E-state index in [1.165, 1.54) is 17.5 Å². The number of nitrogens with one attached hydrogen (secondary N) is 1. The van der Waals surface area contributed by atoms with Crippen LogP contribution in [0.15, 0.2) is 42.5 Å². The summed E-state index contributed by atoms with van der Waals surface area (Å²) in [5, 5.41) is 13.2. The van der Waals surface area contributed by atoms with Crippen molar-refractivity contribution >= 4 is 11.6 Å². The first-order valence-corrected chi connectivity index (χ1v) is 6.88. The van der Waals surface area contributed by atoms with Crippen LogP contribution in [0.4, 0.5) is 0 Å². The molecule has 98 valence electrons. The highest BCUT2D eigenvalue weighted by molar-refractivity contribution is 6.32. The van der Waals surface area contributed by atoms with Gasteiger partial charge in [0.2, 0.25) is 0 Å². The molecule has 3 heteroatoms. The number of hydrogen-bond acceptors (Lipinski definition) is 2. The van der Waals surface area contributed by atoms with Crippen molar-refractivity contribution in [3.63, 3.8) is 0 Å². The molecule has 0 aliphatic heterocycles. The molecular weight excluding hydrogens is 258 g/mol. The Labute approximate surface area is 118 Å². The molecule has 0 aromatic heterocycles. The number of phenols is 1. The topological polar surface area (TPSA) is 32.3 Å². The fourth-order valence-electron chi connectivity index (χ4n) is 2.60. The molecular formula is C16H16ClNO. The lowest BCUT2D eigenvalue weighted by Gasteiger charge is -2.30. The maximum atomic E-state index is 9.36. The quantitative estimate of drug-likeness (QED) is 0.894. The average Bonchev–Trinajstić information content (AvgIpc) is 2.39. The fourth-order valence-corrected chi connectivity index (χ4v) is 2.80. The molecule has 2 aromatic carbocycles. The number of aromatic hydroxyl groups is 1. The highest BCUT2D eigenvalue weighted by Gasteiger charge is 2.24. The van der Waals surface area contributed by atoms with E-state index in [0.29, 0.717) is 10.9 Å². The Hall–Kier alpha value is -1.51. The zero-order valence-corrected chi connectivity index (χ0v) is 11.3. The van der Waals surface area contributed by atoms with E-state index in [-0.39, 0.29) is 5.75 Å². The molecule has 0 amide bonds. The Morgan fingerprint density at radius 1 is 1.21 bits per heavy atom. The molecule has 1 unspecified atom stereocenters. The van der Waals surface area contributed by atoms with Crippen LogP contribution in [0.3, 0.4) is 0 Å². The van der Waals surface area contributed by atoms with Crippen LogP contribution in [-0.4, -0.2) is 11.7 Å². The van der Waals surface area contributed by atoms with Gasteiger partial charge < -0.3 is 10.4 Å². The monoisotopic (exact) mass is 273 g/mol. The molecule has 0 fully saturated rings. The largest absolute Gasteiger partial charge is 0.506 e. The highest BCUT2D eigenvalue weighted by atomic mass is 35.5. The van der Waals surface area contributed by atoms with Gasteiger partial charge in [-0.1, -0.05) is 41.9 Å². The van der Waals surface area contributed by atoms with Crippen LogP contribution in [0.5, 0.6) is 5.75 Å². The summed E-state index contributed by atoms with van der Waals surface area (Å²) in [6.45, 7) is 1.76. The van der Waals surface area contributed by atoms with Gasteiger partial charge in [-0.2, -0.15) is 0 Å². The molecule has 0 bridgehead atoms. The van der Waals surface area contributed by atoms with Crippen LogP contribution in [0.2, 0.25) is 5.02 Å². The van der Waals surface area contributed by atoms with E-state index in [4.69, 9.17) is 11.6 Å². The van der Waals surface area contributed by atoms with Gasteiger partial charge in [0.1, 0.15) is 5.75 Å². The van der Waals surface area contributed by atoms with E-state index in [0.717, 1.165) is 18.7 Å². The van der Waals surface area contributed by atoms with Gasteiger partial charge in [-0.05, 0) is 35.2 Å². The normalized spacial score (nSPS) is 16.8. The summed E-state index contributed by atoms with van der Waals surface area (Å²) in [5.74, 6) is 0.766. The molecule has 0 saturated heterocycles. The third-order valence-electron chi connectivity index (χ3n) is 3.69. The molecule has 0 spiro atoms. The summed E-state index contributed by atoms with van der Waals surface area (Å²) < 4.78 is 0.